The molecule has 6 heteroatoms. The average molecular weight is 483 g/mol. The van der Waals surface area contributed by atoms with Crippen LogP contribution in [0.5, 0.6) is 5.75 Å². The number of anilines is 1. The summed E-state index contributed by atoms with van der Waals surface area (Å²) in [7, 11) is 1.71. The first-order valence-corrected chi connectivity index (χ1v) is 12.9. The Kier molecular flexibility index (Phi) is 6.91. The Balaban J connectivity index is 1.38. The molecule has 5 rings (SSSR count). The van der Waals surface area contributed by atoms with E-state index in [1.165, 1.54) is 17.6 Å². The number of pyridine rings is 2. The fourth-order valence-electron chi connectivity index (χ4n) is 4.53. The number of methoxy groups -OCH3 is 1. The Bertz CT molecular complexity index is 1350. The number of allylic oxidation sites excluding steroid dienone is 1. The zero-order valence-electron chi connectivity index (χ0n) is 20.4. The van der Waals surface area contributed by atoms with Gasteiger partial charge >= 0.3 is 0 Å². The van der Waals surface area contributed by atoms with Gasteiger partial charge in [0.15, 0.2) is 0 Å². The number of para-hydroxylation sites is 2. The largest absolute Gasteiger partial charge is 0.495 e. The molecule has 0 saturated heterocycles. The third-order valence-electron chi connectivity index (χ3n) is 6.34. The van der Waals surface area contributed by atoms with Gasteiger partial charge in [-0.15, -0.1) is 11.3 Å². The van der Waals surface area contributed by atoms with E-state index in [4.69, 9.17) is 14.7 Å². The number of ether oxygens (including phenoxy) is 1. The number of benzene rings is 1. The molecule has 4 aromatic rings. The lowest BCUT2D eigenvalue weighted by atomic mass is 9.90. The highest BCUT2D eigenvalue weighted by molar-refractivity contribution is 7.18. The van der Waals surface area contributed by atoms with Crippen molar-refractivity contribution in [2.75, 3.05) is 12.4 Å². The van der Waals surface area contributed by atoms with Crippen LogP contribution in [0, 0.1) is 6.92 Å². The minimum atomic E-state index is 0.276. The maximum absolute atomic E-state index is 5.49. The number of aromatic nitrogens is 3. The van der Waals surface area contributed by atoms with Crippen molar-refractivity contribution in [3.8, 4) is 26.9 Å². The molecule has 0 amide bonds. The van der Waals surface area contributed by atoms with Crippen LogP contribution in [0.25, 0.3) is 26.7 Å². The number of nitrogens with zero attached hydrogens (tertiary/aromatic N) is 3. The van der Waals surface area contributed by atoms with Gasteiger partial charge in [-0.25, -0.2) is 9.97 Å². The monoisotopic (exact) mass is 482 g/mol. The van der Waals surface area contributed by atoms with Gasteiger partial charge in [0.1, 0.15) is 10.8 Å². The summed E-state index contributed by atoms with van der Waals surface area (Å²) < 4.78 is 5.49. The zero-order chi connectivity index (χ0) is 24.2. The minimum absolute atomic E-state index is 0.276. The second-order valence-electron chi connectivity index (χ2n) is 8.94. The molecule has 178 valence electrons. The average Bonchev–Trinajstić information content (AvgIpc) is 3.29. The first-order chi connectivity index (χ1) is 17.1. The van der Waals surface area contributed by atoms with Crippen molar-refractivity contribution in [3.63, 3.8) is 0 Å². The number of hydrogen-bond acceptors (Lipinski definition) is 6. The lowest BCUT2D eigenvalue weighted by Crippen LogP contribution is -2.15. The molecule has 1 aromatic carbocycles. The van der Waals surface area contributed by atoms with Crippen LogP contribution in [-0.4, -0.2) is 28.1 Å². The van der Waals surface area contributed by atoms with E-state index in [2.05, 4.69) is 54.5 Å². The minimum Gasteiger partial charge on any atom is -0.495 e. The molecule has 3 heterocycles. The number of nitrogens with one attached hydrogen (secondary N) is 1. The van der Waals surface area contributed by atoms with E-state index in [-0.39, 0.29) is 6.04 Å². The van der Waals surface area contributed by atoms with E-state index in [1.54, 1.807) is 24.6 Å². The highest BCUT2D eigenvalue weighted by atomic mass is 32.1. The highest BCUT2D eigenvalue weighted by Crippen LogP contribution is 2.37. The third kappa shape index (κ3) is 5.13. The summed E-state index contributed by atoms with van der Waals surface area (Å²) in [6.45, 7) is 4.27. The summed E-state index contributed by atoms with van der Waals surface area (Å²) >= 11 is 1.69. The lowest BCUT2D eigenvalue weighted by molar-refractivity contribution is 0.416. The van der Waals surface area contributed by atoms with Gasteiger partial charge in [0, 0.05) is 24.0 Å². The molecule has 0 spiro atoms. The summed E-state index contributed by atoms with van der Waals surface area (Å²) in [6.07, 6.45) is 10.2. The highest BCUT2D eigenvalue weighted by Gasteiger charge is 2.19. The maximum Gasteiger partial charge on any atom is 0.141 e. The fourth-order valence-corrected chi connectivity index (χ4v) is 5.56. The molecule has 1 unspecified atom stereocenters. The van der Waals surface area contributed by atoms with Crippen LogP contribution in [-0.2, 0) is 6.42 Å². The van der Waals surface area contributed by atoms with Crippen molar-refractivity contribution < 1.29 is 4.74 Å². The molecule has 0 bridgehead atoms. The molecule has 1 aliphatic carbocycles. The van der Waals surface area contributed by atoms with Crippen molar-refractivity contribution in [2.24, 2.45) is 0 Å². The second kappa shape index (κ2) is 10.4. The molecule has 0 radical (unpaired) electrons. The van der Waals surface area contributed by atoms with E-state index in [0.717, 1.165) is 63.2 Å². The van der Waals surface area contributed by atoms with E-state index >= 15 is 0 Å². The van der Waals surface area contributed by atoms with E-state index < -0.39 is 0 Å². The number of fused-ring (bicyclic) bond motifs is 1. The Morgan fingerprint density at radius 2 is 1.97 bits per heavy atom. The number of thiazole rings is 1. The molecule has 1 aliphatic rings. The third-order valence-corrected chi connectivity index (χ3v) is 7.57. The van der Waals surface area contributed by atoms with Crippen LogP contribution in [0.3, 0.4) is 0 Å². The summed E-state index contributed by atoms with van der Waals surface area (Å²) in [4.78, 5) is 15.3. The van der Waals surface area contributed by atoms with Gasteiger partial charge in [-0.05, 0) is 81.0 Å². The molecule has 0 fully saturated rings. The predicted molar refractivity (Wildman–Crippen MR) is 145 cm³/mol. The molecule has 35 heavy (non-hydrogen) atoms. The molecule has 1 atom stereocenters. The lowest BCUT2D eigenvalue weighted by Gasteiger charge is -2.20. The Hall–Kier alpha value is -3.51. The summed E-state index contributed by atoms with van der Waals surface area (Å²) in [5.41, 5.74) is 7.91. The fraction of sp³-hybridized carbons (Fsp3) is 0.276. The summed E-state index contributed by atoms with van der Waals surface area (Å²) in [5, 5.41) is 4.57. The predicted octanol–water partition coefficient (Wildman–Crippen LogP) is 7.19. The van der Waals surface area contributed by atoms with Crippen LogP contribution < -0.4 is 10.1 Å². The van der Waals surface area contributed by atoms with Crippen molar-refractivity contribution in [1.29, 1.82) is 0 Å². The van der Waals surface area contributed by atoms with Crippen molar-refractivity contribution in [1.82, 2.24) is 15.0 Å². The Labute approximate surface area is 211 Å². The van der Waals surface area contributed by atoms with Crippen LogP contribution in [0.1, 0.15) is 43.1 Å². The Morgan fingerprint density at radius 3 is 2.80 bits per heavy atom. The van der Waals surface area contributed by atoms with E-state index in [0.29, 0.717) is 0 Å². The molecule has 1 N–H and O–H groups in total. The number of aryl methyl sites for hydroxylation is 2. The molecule has 3 aromatic heterocycles. The summed E-state index contributed by atoms with van der Waals surface area (Å²) in [5.74, 6) is 0.868. The smallest absolute Gasteiger partial charge is 0.141 e. The number of hydrogen-bond donors (Lipinski definition) is 1. The normalized spacial score (nSPS) is 15.0. The van der Waals surface area contributed by atoms with Gasteiger partial charge in [-0.2, -0.15) is 0 Å². The van der Waals surface area contributed by atoms with Gasteiger partial charge in [0.2, 0.25) is 0 Å². The van der Waals surface area contributed by atoms with Gasteiger partial charge in [0.25, 0.3) is 0 Å². The quantitative estimate of drug-likeness (QED) is 0.302. The van der Waals surface area contributed by atoms with Crippen molar-refractivity contribution in [3.05, 3.63) is 84.0 Å². The first kappa shape index (κ1) is 23.2. The zero-order valence-corrected chi connectivity index (χ0v) is 21.2. The molecule has 0 saturated carbocycles. The van der Waals surface area contributed by atoms with Gasteiger partial charge in [0.05, 0.1) is 34.8 Å². The molecule has 5 nitrogen and oxygen atoms in total. The van der Waals surface area contributed by atoms with Crippen LogP contribution in [0.2, 0.25) is 0 Å². The van der Waals surface area contributed by atoms with E-state index in [9.17, 15) is 0 Å². The van der Waals surface area contributed by atoms with Crippen molar-refractivity contribution in [2.45, 2.75) is 45.6 Å². The second-order valence-corrected chi connectivity index (χ2v) is 9.94. The molecule has 0 aliphatic heterocycles. The molecular weight excluding hydrogens is 452 g/mol. The number of rotatable bonds is 7. The van der Waals surface area contributed by atoms with Crippen LogP contribution >= 0.6 is 11.3 Å². The summed E-state index contributed by atoms with van der Waals surface area (Å²) in [6, 6.07) is 16.7. The SMILES string of the molecule is COc1ccccc1NC(C)CC=C1CCCc2ccc(-c3sc(-c4cccnc4)nc3C)nc21. The topological polar surface area (TPSA) is 59.9 Å². The van der Waals surface area contributed by atoms with E-state index in [1.807, 2.05) is 30.5 Å². The van der Waals surface area contributed by atoms with Crippen LogP contribution in [0.15, 0.2) is 67.0 Å². The first-order valence-electron chi connectivity index (χ1n) is 12.1. The maximum atomic E-state index is 5.49. The molecular formula is C29H30N4OS. The van der Waals surface area contributed by atoms with Crippen molar-refractivity contribution >= 4 is 22.6 Å². The van der Waals surface area contributed by atoms with Gasteiger partial charge in [-0.3, -0.25) is 4.98 Å². The van der Waals surface area contributed by atoms with Gasteiger partial charge < -0.3 is 10.1 Å². The van der Waals surface area contributed by atoms with Gasteiger partial charge in [-0.1, -0.05) is 24.3 Å². The standard InChI is InChI=1S/C29H30N4OS/c1-19(31-24-11-4-5-12-26(24)34-3)13-14-21-8-6-9-22-15-16-25(33-27(21)22)28-20(2)32-29(35-28)23-10-7-17-30-18-23/h4-5,7,10-12,14-19,31H,6,8-9,13H2,1-3H3. The van der Waals surface area contributed by atoms with Crippen LogP contribution in [0.4, 0.5) is 5.69 Å². The Morgan fingerprint density at radius 1 is 1.09 bits per heavy atom.